The molecule has 4 N–H and O–H groups in total. The zero-order valence-corrected chi connectivity index (χ0v) is 17.4. The molecular formula is C24H29N5O. The molecule has 0 bridgehead atoms. The average molecular weight is 404 g/mol. The molecular weight excluding hydrogens is 374 g/mol. The Balaban J connectivity index is 1.60. The molecule has 2 aromatic heterocycles. The fraction of sp³-hybridized carbons (Fsp3) is 0.333. The van der Waals surface area contributed by atoms with Gasteiger partial charge in [-0.05, 0) is 44.7 Å². The molecule has 2 heterocycles. The van der Waals surface area contributed by atoms with Crippen molar-refractivity contribution in [1.29, 1.82) is 0 Å². The van der Waals surface area contributed by atoms with Gasteiger partial charge in [0.15, 0.2) is 5.95 Å². The highest BCUT2D eigenvalue weighted by molar-refractivity contribution is 5.82. The molecule has 0 amide bonds. The number of nitrogens with two attached hydrogens (primary N) is 1. The van der Waals surface area contributed by atoms with Gasteiger partial charge in [0, 0.05) is 17.3 Å². The lowest BCUT2D eigenvalue weighted by molar-refractivity contribution is 0.518. The van der Waals surface area contributed by atoms with Gasteiger partial charge >= 0.3 is 5.69 Å². The first kappa shape index (κ1) is 20.0. The van der Waals surface area contributed by atoms with E-state index in [9.17, 15) is 4.79 Å². The predicted molar refractivity (Wildman–Crippen MR) is 123 cm³/mol. The van der Waals surface area contributed by atoms with Crippen LogP contribution in [0.3, 0.4) is 0 Å². The van der Waals surface area contributed by atoms with E-state index in [1.165, 1.54) is 12.8 Å². The summed E-state index contributed by atoms with van der Waals surface area (Å²) in [6.45, 7) is 5.77. The monoisotopic (exact) mass is 403 g/mol. The number of anilines is 1. The smallest absolute Gasteiger partial charge is 0.326 e. The van der Waals surface area contributed by atoms with Crippen molar-refractivity contribution in [2.75, 3.05) is 5.73 Å². The number of imidazole rings is 2. The van der Waals surface area contributed by atoms with Crippen molar-refractivity contribution >= 4 is 17.0 Å². The third kappa shape index (κ3) is 4.03. The van der Waals surface area contributed by atoms with E-state index in [-0.39, 0.29) is 5.69 Å². The Labute approximate surface area is 176 Å². The number of fused-ring (bicyclic) bond motifs is 1. The van der Waals surface area contributed by atoms with Gasteiger partial charge in [-0.2, -0.15) is 0 Å². The number of aryl methyl sites for hydroxylation is 1. The number of allylic oxidation sites excluding steroid dienone is 5. The Bertz CT molecular complexity index is 1170. The third-order valence-electron chi connectivity index (χ3n) is 5.86. The van der Waals surface area contributed by atoms with Gasteiger partial charge in [-0.3, -0.25) is 4.57 Å². The minimum Gasteiger partial charge on any atom is -0.369 e. The fourth-order valence-electron chi connectivity index (χ4n) is 4.26. The summed E-state index contributed by atoms with van der Waals surface area (Å²) >= 11 is 0. The van der Waals surface area contributed by atoms with Crippen molar-refractivity contribution in [2.45, 2.75) is 51.5 Å². The molecule has 0 atom stereocenters. The van der Waals surface area contributed by atoms with Gasteiger partial charge in [0.1, 0.15) is 0 Å². The van der Waals surface area contributed by atoms with Crippen LogP contribution in [0.4, 0.5) is 5.95 Å². The molecule has 4 rings (SSSR count). The molecule has 156 valence electrons. The van der Waals surface area contributed by atoms with Gasteiger partial charge in [-0.1, -0.05) is 55.4 Å². The first-order valence-electron chi connectivity index (χ1n) is 10.6. The maximum absolute atomic E-state index is 12.6. The molecule has 0 saturated heterocycles. The predicted octanol–water partition coefficient (Wildman–Crippen LogP) is 5.04. The highest BCUT2D eigenvalue weighted by atomic mass is 16.1. The second-order valence-corrected chi connectivity index (χ2v) is 8.00. The quantitative estimate of drug-likeness (QED) is 0.483. The summed E-state index contributed by atoms with van der Waals surface area (Å²) in [6.07, 6.45) is 14.2. The molecule has 1 fully saturated rings. The Morgan fingerprint density at radius 2 is 2.13 bits per heavy atom. The van der Waals surface area contributed by atoms with Crippen LogP contribution >= 0.6 is 0 Å². The number of aromatic nitrogens is 4. The van der Waals surface area contributed by atoms with Gasteiger partial charge < -0.3 is 15.7 Å². The Morgan fingerprint density at radius 1 is 1.33 bits per heavy atom. The van der Waals surface area contributed by atoms with Crippen molar-refractivity contribution in [1.82, 2.24) is 19.5 Å². The highest BCUT2D eigenvalue weighted by Crippen LogP contribution is 2.32. The lowest BCUT2D eigenvalue weighted by Gasteiger charge is -2.11. The minimum atomic E-state index is -0.0242. The van der Waals surface area contributed by atoms with E-state index >= 15 is 0 Å². The second-order valence-electron chi connectivity index (χ2n) is 8.00. The number of nitrogens with zero attached hydrogens (tertiary/aromatic N) is 2. The van der Waals surface area contributed by atoms with E-state index in [1.807, 2.05) is 47.9 Å². The normalized spacial score (nSPS) is 15.6. The number of hydrogen-bond donors (Lipinski definition) is 3. The zero-order valence-electron chi connectivity index (χ0n) is 17.4. The summed E-state index contributed by atoms with van der Waals surface area (Å²) in [6, 6.07) is 6.37. The largest absolute Gasteiger partial charge is 0.369 e. The van der Waals surface area contributed by atoms with E-state index in [0.717, 1.165) is 59.2 Å². The molecule has 6 heteroatoms. The van der Waals surface area contributed by atoms with E-state index in [0.29, 0.717) is 12.0 Å². The number of nitrogen functional groups attached to an aromatic ring is 1. The zero-order chi connectivity index (χ0) is 21.1. The third-order valence-corrected chi connectivity index (χ3v) is 5.86. The molecule has 3 aromatic rings. The van der Waals surface area contributed by atoms with Gasteiger partial charge in [0.05, 0.1) is 16.7 Å². The number of rotatable bonds is 7. The summed E-state index contributed by atoms with van der Waals surface area (Å²) in [5.41, 5.74) is 11.7. The van der Waals surface area contributed by atoms with Crippen LogP contribution in [0.1, 0.15) is 50.8 Å². The molecule has 1 aliphatic carbocycles. The number of H-pyrrole nitrogens is 2. The van der Waals surface area contributed by atoms with Crippen LogP contribution in [-0.4, -0.2) is 19.5 Å². The SMILES string of the molecule is C=C/C(C)=C\C=C/CCc1[nH]c(N)nc1-c1ccc2c(c1)[nH]c(=O)n2C1CCCC1. The van der Waals surface area contributed by atoms with Crippen LogP contribution in [-0.2, 0) is 6.42 Å². The molecule has 1 saturated carbocycles. The Hall–Kier alpha value is -3.28. The molecule has 30 heavy (non-hydrogen) atoms. The van der Waals surface area contributed by atoms with Gasteiger partial charge in [0.25, 0.3) is 0 Å². The van der Waals surface area contributed by atoms with E-state index in [1.54, 1.807) is 0 Å². The summed E-state index contributed by atoms with van der Waals surface area (Å²) in [5.74, 6) is 0.406. The van der Waals surface area contributed by atoms with Crippen molar-refractivity contribution in [3.8, 4) is 11.3 Å². The van der Waals surface area contributed by atoms with Crippen LogP contribution in [0.2, 0.25) is 0 Å². The second kappa shape index (κ2) is 8.61. The Kier molecular flexibility index (Phi) is 5.74. The van der Waals surface area contributed by atoms with Crippen molar-refractivity contribution < 1.29 is 0 Å². The Morgan fingerprint density at radius 3 is 2.90 bits per heavy atom. The minimum absolute atomic E-state index is 0.0242. The van der Waals surface area contributed by atoms with Crippen LogP contribution in [0.5, 0.6) is 0 Å². The van der Waals surface area contributed by atoms with E-state index < -0.39 is 0 Å². The van der Waals surface area contributed by atoms with Crippen molar-refractivity contribution in [3.05, 3.63) is 70.8 Å². The van der Waals surface area contributed by atoms with E-state index in [4.69, 9.17) is 5.73 Å². The van der Waals surface area contributed by atoms with Crippen LogP contribution in [0.25, 0.3) is 22.3 Å². The number of aromatic amines is 2. The molecule has 1 aromatic carbocycles. The standard InChI is InChI=1S/C24H29N5O/c1-3-16(2)9-5-4-6-12-19-22(28-23(25)26-19)17-13-14-21-20(15-17)27-24(30)29(21)18-10-7-8-11-18/h3-5,9,13-15,18H,1,6-8,10-12H2,2H3,(H,27,30)(H3,25,26,28)/b5-4-,16-9-. The lowest BCUT2D eigenvalue weighted by atomic mass is 10.1. The molecule has 0 aliphatic heterocycles. The van der Waals surface area contributed by atoms with Crippen molar-refractivity contribution in [2.24, 2.45) is 0 Å². The molecule has 0 unspecified atom stereocenters. The first-order chi connectivity index (χ1) is 14.6. The topological polar surface area (TPSA) is 92.5 Å². The van der Waals surface area contributed by atoms with Crippen molar-refractivity contribution in [3.63, 3.8) is 0 Å². The van der Waals surface area contributed by atoms with Gasteiger partial charge in [-0.15, -0.1) is 0 Å². The number of hydrogen-bond acceptors (Lipinski definition) is 3. The molecule has 1 aliphatic rings. The average Bonchev–Trinajstić information content (AvgIpc) is 3.45. The lowest BCUT2D eigenvalue weighted by Crippen LogP contribution is -2.20. The maximum Gasteiger partial charge on any atom is 0.326 e. The van der Waals surface area contributed by atoms with Gasteiger partial charge in [-0.25, -0.2) is 9.78 Å². The summed E-state index contributed by atoms with van der Waals surface area (Å²) < 4.78 is 1.93. The molecule has 0 spiro atoms. The van der Waals surface area contributed by atoms with Crippen LogP contribution < -0.4 is 11.4 Å². The van der Waals surface area contributed by atoms with Crippen LogP contribution in [0.15, 0.2) is 59.4 Å². The highest BCUT2D eigenvalue weighted by Gasteiger charge is 2.21. The van der Waals surface area contributed by atoms with E-state index in [2.05, 4.69) is 27.6 Å². The van der Waals surface area contributed by atoms with Gasteiger partial charge in [0.2, 0.25) is 0 Å². The fourth-order valence-corrected chi connectivity index (χ4v) is 4.26. The number of benzene rings is 1. The summed E-state index contributed by atoms with van der Waals surface area (Å²) in [7, 11) is 0. The molecule has 6 nitrogen and oxygen atoms in total. The molecule has 0 radical (unpaired) electrons. The summed E-state index contributed by atoms with van der Waals surface area (Å²) in [4.78, 5) is 23.3. The summed E-state index contributed by atoms with van der Waals surface area (Å²) in [5, 5.41) is 0. The number of nitrogens with one attached hydrogen (secondary N) is 2. The van der Waals surface area contributed by atoms with Crippen LogP contribution in [0, 0.1) is 0 Å². The maximum atomic E-state index is 12.6. The first-order valence-corrected chi connectivity index (χ1v) is 10.6.